The Labute approximate surface area is 115 Å². The first-order valence-corrected chi connectivity index (χ1v) is 7.03. The minimum absolute atomic E-state index is 0.244. The molecule has 0 saturated heterocycles. The Balaban J connectivity index is 2.06. The maximum Gasteiger partial charge on any atom is 0.223 e. The van der Waals surface area contributed by atoms with E-state index in [-0.39, 0.29) is 11.8 Å². The lowest BCUT2D eigenvalue weighted by atomic mass is 10.3. The zero-order chi connectivity index (χ0) is 13.7. The van der Waals surface area contributed by atoms with E-state index < -0.39 is 0 Å². The quantitative estimate of drug-likeness (QED) is 0.852. The number of benzene rings is 1. The van der Waals surface area contributed by atoms with E-state index in [4.69, 9.17) is 5.73 Å². The van der Waals surface area contributed by atoms with E-state index in [9.17, 15) is 4.39 Å². The van der Waals surface area contributed by atoms with E-state index in [1.807, 2.05) is 6.07 Å². The molecule has 2 N–H and O–H groups in total. The first kappa shape index (κ1) is 13.7. The smallest absolute Gasteiger partial charge is 0.223 e. The van der Waals surface area contributed by atoms with Gasteiger partial charge in [-0.1, -0.05) is 13.0 Å². The van der Waals surface area contributed by atoms with E-state index in [2.05, 4.69) is 21.9 Å². The maximum absolute atomic E-state index is 13.0. The Morgan fingerprint density at radius 2 is 2.00 bits per heavy atom. The highest BCUT2D eigenvalue weighted by Crippen LogP contribution is 2.22. The number of nitrogens with two attached hydrogens (primary N) is 1. The van der Waals surface area contributed by atoms with E-state index in [1.165, 1.54) is 23.9 Å². The summed E-state index contributed by atoms with van der Waals surface area (Å²) in [6, 6.07) is 6.44. The van der Waals surface area contributed by atoms with Crippen molar-refractivity contribution in [3.63, 3.8) is 0 Å². The molecule has 0 atom stereocenters. The van der Waals surface area contributed by atoms with Crippen LogP contribution in [0.3, 0.4) is 0 Å². The van der Waals surface area contributed by atoms with E-state index in [0.717, 1.165) is 17.7 Å². The monoisotopic (exact) mass is 278 g/mol. The topological polar surface area (TPSA) is 64.7 Å². The molecule has 100 valence electrons. The van der Waals surface area contributed by atoms with Gasteiger partial charge in [0, 0.05) is 11.3 Å². The normalized spacial score (nSPS) is 10.6. The summed E-state index contributed by atoms with van der Waals surface area (Å²) in [5.74, 6) is 1.89. The van der Waals surface area contributed by atoms with Gasteiger partial charge < -0.3 is 5.73 Å². The van der Waals surface area contributed by atoms with Crippen molar-refractivity contribution in [1.82, 2.24) is 15.0 Å². The fourth-order valence-corrected chi connectivity index (χ4v) is 2.39. The second kappa shape index (κ2) is 6.47. The third-order valence-electron chi connectivity index (χ3n) is 2.38. The van der Waals surface area contributed by atoms with E-state index >= 15 is 0 Å². The minimum Gasteiger partial charge on any atom is -0.368 e. The molecule has 0 radical (unpaired) electrons. The minimum atomic E-state index is -0.244. The lowest BCUT2D eigenvalue weighted by Crippen LogP contribution is -2.06. The Bertz CT molecular complexity index is 562. The third-order valence-corrected chi connectivity index (χ3v) is 3.37. The van der Waals surface area contributed by atoms with Gasteiger partial charge in [0.25, 0.3) is 0 Å². The van der Waals surface area contributed by atoms with Crippen LogP contribution < -0.4 is 5.73 Å². The third kappa shape index (κ3) is 4.17. The Morgan fingerprint density at radius 3 is 2.74 bits per heavy atom. The predicted molar refractivity (Wildman–Crippen MR) is 74.2 cm³/mol. The summed E-state index contributed by atoms with van der Waals surface area (Å²) in [6.07, 6.45) is 1.74. The summed E-state index contributed by atoms with van der Waals surface area (Å²) in [5.41, 5.74) is 5.65. The molecule has 4 nitrogen and oxygen atoms in total. The summed E-state index contributed by atoms with van der Waals surface area (Å²) < 4.78 is 13.0. The van der Waals surface area contributed by atoms with Crippen molar-refractivity contribution in [2.75, 3.05) is 5.73 Å². The van der Waals surface area contributed by atoms with Gasteiger partial charge in [-0.2, -0.15) is 9.97 Å². The highest BCUT2D eigenvalue weighted by molar-refractivity contribution is 7.98. The molecule has 2 aromatic rings. The molecule has 1 aromatic carbocycles. The van der Waals surface area contributed by atoms with Crippen LogP contribution in [0.4, 0.5) is 10.3 Å². The lowest BCUT2D eigenvalue weighted by molar-refractivity contribution is 0.624. The van der Waals surface area contributed by atoms with Crippen LogP contribution in [0.2, 0.25) is 0 Å². The molecule has 2 rings (SSSR count). The zero-order valence-corrected chi connectivity index (χ0v) is 11.5. The fraction of sp³-hybridized carbons (Fsp3) is 0.308. The summed E-state index contributed by atoms with van der Waals surface area (Å²) >= 11 is 1.47. The van der Waals surface area contributed by atoms with Crippen molar-refractivity contribution >= 4 is 17.7 Å². The van der Waals surface area contributed by atoms with Crippen LogP contribution in [0.5, 0.6) is 0 Å². The Kier molecular flexibility index (Phi) is 4.68. The van der Waals surface area contributed by atoms with Gasteiger partial charge >= 0.3 is 0 Å². The Hall–Kier alpha value is -1.69. The molecule has 0 aliphatic heterocycles. The molecule has 0 aliphatic rings. The van der Waals surface area contributed by atoms with Crippen molar-refractivity contribution in [1.29, 1.82) is 0 Å². The molecule has 0 spiro atoms. The molecule has 1 aromatic heterocycles. The molecule has 0 amide bonds. The van der Waals surface area contributed by atoms with Gasteiger partial charge in [-0.05, 0) is 24.6 Å². The highest BCUT2D eigenvalue weighted by Gasteiger charge is 2.05. The molecule has 0 bridgehead atoms. The van der Waals surface area contributed by atoms with Crippen LogP contribution in [-0.4, -0.2) is 15.0 Å². The largest absolute Gasteiger partial charge is 0.368 e. The Morgan fingerprint density at radius 1 is 1.21 bits per heavy atom. The molecular weight excluding hydrogens is 263 g/mol. The number of aryl methyl sites for hydroxylation is 1. The molecule has 19 heavy (non-hydrogen) atoms. The van der Waals surface area contributed by atoms with Gasteiger partial charge in [0.05, 0.1) is 5.75 Å². The molecule has 1 heterocycles. The van der Waals surface area contributed by atoms with Gasteiger partial charge in [-0.3, -0.25) is 0 Å². The van der Waals surface area contributed by atoms with Gasteiger partial charge in [-0.25, -0.2) is 9.37 Å². The SMILES string of the molecule is CCCc1nc(N)nc(CSc2cccc(F)c2)n1. The van der Waals surface area contributed by atoms with E-state index in [0.29, 0.717) is 17.4 Å². The number of hydrogen-bond acceptors (Lipinski definition) is 5. The fourth-order valence-electron chi connectivity index (χ4n) is 1.59. The number of hydrogen-bond donors (Lipinski definition) is 1. The van der Waals surface area contributed by atoms with Gasteiger partial charge in [0.2, 0.25) is 5.95 Å². The van der Waals surface area contributed by atoms with Crippen LogP contribution in [0.15, 0.2) is 29.2 Å². The highest BCUT2D eigenvalue weighted by atomic mass is 32.2. The number of thioether (sulfide) groups is 1. The molecule has 0 aliphatic carbocycles. The summed E-state index contributed by atoms with van der Waals surface area (Å²) in [6.45, 7) is 2.06. The van der Waals surface area contributed by atoms with E-state index in [1.54, 1.807) is 6.07 Å². The van der Waals surface area contributed by atoms with Crippen molar-refractivity contribution < 1.29 is 4.39 Å². The number of rotatable bonds is 5. The maximum atomic E-state index is 13.0. The predicted octanol–water partition coefficient (Wildman–Crippen LogP) is 2.84. The summed E-state index contributed by atoms with van der Waals surface area (Å²) in [4.78, 5) is 13.4. The average Bonchev–Trinajstić information content (AvgIpc) is 2.36. The van der Waals surface area contributed by atoms with Gasteiger partial charge in [0.1, 0.15) is 17.5 Å². The van der Waals surface area contributed by atoms with Crippen LogP contribution in [-0.2, 0) is 12.2 Å². The van der Waals surface area contributed by atoms with Gasteiger partial charge in [-0.15, -0.1) is 11.8 Å². The number of aromatic nitrogens is 3. The molecule has 6 heteroatoms. The molecule has 0 saturated carbocycles. The van der Waals surface area contributed by atoms with Crippen molar-refractivity contribution in [2.45, 2.75) is 30.4 Å². The van der Waals surface area contributed by atoms with Crippen LogP contribution >= 0.6 is 11.8 Å². The molecule has 0 unspecified atom stereocenters. The second-order valence-electron chi connectivity index (χ2n) is 4.02. The van der Waals surface area contributed by atoms with Crippen LogP contribution in [0.1, 0.15) is 25.0 Å². The van der Waals surface area contributed by atoms with Crippen molar-refractivity contribution in [3.05, 3.63) is 41.7 Å². The van der Waals surface area contributed by atoms with Crippen LogP contribution in [0, 0.1) is 5.82 Å². The molecule has 0 fully saturated rings. The van der Waals surface area contributed by atoms with Crippen LogP contribution in [0.25, 0.3) is 0 Å². The first-order valence-electron chi connectivity index (χ1n) is 6.05. The summed E-state index contributed by atoms with van der Waals surface area (Å²) in [5, 5.41) is 0. The standard InChI is InChI=1S/C13H15FN4S/c1-2-4-11-16-12(18-13(15)17-11)8-19-10-6-3-5-9(14)7-10/h3,5-7H,2,4,8H2,1H3,(H2,15,16,17,18). The lowest BCUT2D eigenvalue weighted by Gasteiger charge is -2.04. The number of halogens is 1. The van der Waals surface area contributed by atoms with Crippen molar-refractivity contribution in [2.24, 2.45) is 0 Å². The molecular formula is C13H15FN4S. The number of nitrogens with zero attached hydrogens (tertiary/aromatic N) is 3. The zero-order valence-electron chi connectivity index (χ0n) is 10.6. The summed E-state index contributed by atoms with van der Waals surface area (Å²) in [7, 11) is 0. The van der Waals surface area contributed by atoms with Crippen molar-refractivity contribution in [3.8, 4) is 0 Å². The average molecular weight is 278 g/mol. The first-order chi connectivity index (χ1) is 9.17. The number of nitrogen functional groups attached to an aromatic ring is 1. The van der Waals surface area contributed by atoms with Gasteiger partial charge in [0.15, 0.2) is 0 Å². The second-order valence-corrected chi connectivity index (χ2v) is 5.07. The number of anilines is 1.